The third-order valence-corrected chi connectivity index (χ3v) is 1.49. The Kier molecular flexibility index (Phi) is 8.17. The maximum Gasteiger partial charge on any atom is 2.00 e. The fourth-order valence-electron chi connectivity index (χ4n) is 0.812. The summed E-state index contributed by atoms with van der Waals surface area (Å²) in [6.07, 6.45) is 0. The first-order valence-electron chi connectivity index (χ1n) is 4.23. The van der Waals surface area contributed by atoms with Crippen LogP contribution in [0.2, 0.25) is 0 Å². The fourth-order valence-corrected chi connectivity index (χ4v) is 0.812. The molecule has 0 nitrogen and oxygen atoms in total. The summed E-state index contributed by atoms with van der Waals surface area (Å²) in [6.45, 7) is 2.06. The smallest absolute Gasteiger partial charge is 0.184 e. The van der Waals surface area contributed by atoms with Crippen LogP contribution in [0.15, 0.2) is 54.6 Å². The Labute approximate surface area is 100 Å². The van der Waals surface area contributed by atoms with Gasteiger partial charge in [-0.15, -0.1) is 0 Å². The summed E-state index contributed by atoms with van der Waals surface area (Å²) in [4.78, 5) is 0. The predicted octanol–water partition coefficient (Wildman–Crippen LogP) is 3.28. The first-order valence-corrected chi connectivity index (χ1v) is 4.23. The number of hydrogen-bond donors (Lipinski definition) is 0. The molecule has 2 aromatic rings. The van der Waals surface area contributed by atoms with Crippen LogP contribution in [0.4, 0.5) is 0 Å². The van der Waals surface area contributed by atoms with Crippen LogP contribution in [0.5, 0.6) is 0 Å². The normalized spacial score (nSPS) is 7.79. The molecule has 14 heavy (non-hydrogen) atoms. The molecular formula is C13H12W. The Bertz CT molecular complexity index is 276. The van der Waals surface area contributed by atoms with Gasteiger partial charge in [0.1, 0.15) is 0 Å². The van der Waals surface area contributed by atoms with E-state index in [9.17, 15) is 0 Å². The van der Waals surface area contributed by atoms with Gasteiger partial charge in [0.15, 0.2) is 0 Å². The molecule has 0 atom stereocenters. The van der Waals surface area contributed by atoms with Crippen LogP contribution in [0.25, 0.3) is 0 Å². The summed E-state index contributed by atoms with van der Waals surface area (Å²) in [7, 11) is 0. The van der Waals surface area contributed by atoms with E-state index in [4.69, 9.17) is 0 Å². The quantitative estimate of drug-likeness (QED) is 0.639. The molecule has 0 aliphatic carbocycles. The van der Waals surface area contributed by atoms with Gasteiger partial charge in [-0.1, -0.05) is 6.92 Å². The minimum atomic E-state index is 0. The molecule has 0 bridgehead atoms. The number of hydrogen-bond acceptors (Lipinski definition) is 0. The van der Waals surface area contributed by atoms with Gasteiger partial charge in [0.25, 0.3) is 0 Å². The van der Waals surface area contributed by atoms with Gasteiger partial charge in [-0.05, 0) is 0 Å². The first-order chi connectivity index (χ1) is 6.39. The molecule has 0 spiro atoms. The second-order valence-electron chi connectivity index (χ2n) is 2.65. The SMILES string of the molecule is Cc1cc[c-]cc1.[W+2].[c-]1ccccc1. The minimum absolute atomic E-state index is 0. The first kappa shape index (κ1) is 13.1. The second kappa shape index (κ2) is 8.71. The molecule has 0 amide bonds. The summed E-state index contributed by atoms with van der Waals surface area (Å²) < 4.78 is 0. The average molecular weight is 352 g/mol. The number of rotatable bonds is 0. The van der Waals surface area contributed by atoms with Crippen LogP contribution in [0.3, 0.4) is 0 Å². The van der Waals surface area contributed by atoms with E-state index in [-0.39, 0.29) is 21.1 Å². The zero-order valence-electron chi connectivity index (χ0n) is 8.10. The van der Waals surface area contributed by atoms with Gasteiger partial charge in [-0.3, -0.25) is 0 Å². The van der Waals surface area contributed by atoms with Crippen LogP contribution < -0.4 is 0 Å². The van der Waals surface area contributed by atoms with E-state index in [0.717, 1.165) is 0 Å². The van der Waals surface area contributed by atoms with Gasteiger partial charge in [0.05, 0.1) is 0 Å². The Morgan fingerprint density at radius 1 is 0.786 bits per heavy atom. The van der Waals surface area contributed by atoms with Crippen molar-refractivity contribution < 1.29 is 21.1 Å². The summed E-state index contributed by atoms with van der Waals surface area (Å²) in [5.41, 5.74) is 1.29. The van der Waals surface area contributed by atoms with E-state index >= 15 is 0 Å². The molecule has 0 N–H and O–H groups in total. The Balaban J connectivity index is 0.000000227. The molecule has 0 saturated carbocycles. The molecule has 0 aliphatic rings. The van der Waals surface area contributed by atoms with Crippen LogP contribution in [0, 0.1) is 19.1 Å². The zero-order chi connectivity index (χ0) is 9.36. The maximum atomic E-state index is 2.93. The Morgan fingerprint density at radius 3 is 1.50 bits per heavy atom. The van der Waals surface area contributed by atoms with Gasteiger partial charge in [0, 0.05) is 0 Å². The minimum Gasteiger partial charge on any atom is -0.184 e. The van der Waals surface area contributed by atoms with Crippen molar-refractivity contribution in [2.45, 2.75) is 6.92 Å². The third-order valence-electron chi connectivity index (χ3n) is 1.49. The van der Waals surface area contributed by atoms with E-state index in [1.807, 2.05) is 54.6 Å². The summed E-state index contributed by atoms with van der Waals surface area (Å²) >= 11 is 0. The number of benzene rings is 2. The van der Waals surface area contributed by atoms with Crippen LogP contribution in [-0.4, -0.2) is 0 Å². The van der Waals surface area contributed by atoms with Gasteiger partial charge < -0.3 is 0 Å². The molecule has 0 aliphatic heterocycles. The van der Waals surface area contributed by atoms with Crippen molar-refractivity contribution in [3.8, 4) is 0 Å². The van der Waals surface area contributed by atoms with Crippen LogP contribution >= 0.6 is 0 Å². The standard InChI is InChI=1S/C7H7.C6H5.W/c1-7-5-3-2-4-6-7;1-2-4-6-5-3-1;/h3-6H,1H3;1-5H;/q2*-1;+2. The predicted molar refractivity (Wildman–Crippen MR) is 55.3 cm³/mol. The van der Waals surface area contributed by atoms with Crippen molar-refractivity contribution in [3.63, 3.8) is 0 Å². The van der Waals surface area contributed by atoms with Gasteiger partial charge in [0.2, 0.25) is 0 Å². The molecule has 0 radical (unpaired) electrons. The van der Waals surface area contributed by atoms with E-state index in [1.165, 1.54) is 5.56 Å². The Hall–Kier alpha value is -0.872. The van der Waals surface area contributed by atoms with E-state index in [2.05, 4.69) is 19.1 Å². The molecule has 0 saturated heterocycles. The number of aryl methyl sites for hydroxylation is 1. The largest absolute Gasteiger partial charge is 2.00 e. The van der Waals surface area contributed by atoms with Crippen molar-refractivity contribution >= 4 is 0 Å². The molecular weight excluding hydrogens is 340 g/mol. The summed E-state index contributed by atoms with van der Waals surface area (Å²) in [6, 6.07) is 23.3. The van der Waals surface area contributed by atoms with E-state index < -0.39 is 0 Å². The Morgan fingerprint density at radius 2 is 1.29 bits per heavy atom. The van der Waals surface area contributed by atoms with Crippen molar-refractivity contribution in [1.29, 1.82) is 0 Å². The molecule has 2 aromatic carbocycles. The summed E-state index contributed by atoms with van der Waals surface area (Å²) in [5.74, 6) is 0. The maximum absolute atomic E-state index is 2.93. The zero-order valence-corrected chi connectivity index (χ0v) is 11.0. The van der Waals surface area contributed by atoms with Crippen molar-refractivity contribution in [1.82, 2.24) is 0 Å². The molecule has 1 heteroatoms. The molecule has 0 unspecified atom stereocenters. The molecule has 0 heterocycles. The van der Waals surface area contributed by atoms with Crippen molar-refractivity contribution in [2.75, 3.05) is 0 Å². The van der Waals surface area contributed by atoms with E-state index in [1.54, 1.807) is 0 Å². The van der Waals surface area contributed by atoms with Crippen molar-refractivity contribution in [2.24, 2.45) is 0 Å². The van der Waals surface area contributed by atoms with Crippen LogP contribution in [-0.2, 0) is 21.1 Å². The van der Waals surface area contributed by atoms with Gasteiger partial charge >= 0.3 is 21.1 Å². The molecule has 0 fully saturated rings. The third kappa shape index (κ3) is 6.62. The fraction of sp³-hybridized carbons (Fsp3) is 0.0769. The van der Waals surface area contributed by atoms with Gasteiger partial charge in [-0.25, -0.2) is 0 Å². The monoisotopic (exact) mass is 352 g/mol. The van der Waals surface area contributed by atoms with Crippen molar-refractivity contribution in [3.05, 3.63) is 72.3 Å². The second-order valence-corrected chi connectivity index (χ2v) is 2.65. The van der Waals surface area contributed by atoms with E-state index in [0.29, 0.717) is 0 Å². The molecule has 70 valence electrons. The average Bonchev–Trinajstić information content (AvgIpc) is 2.22. The van der Waals surface area contributed by atoms with Crippen LogP contribution in [0.1, 0.15) is 5.56 Å². The summed E-state index contributed by atoms with van der Waals surface area (Å²) in [5, 5.41) is 0. The molecule has 0 aromatic heterocycles. The topological polar surface area (TPSA) is 0 Å². The molecule has 2 rings (SSSR count). The van der Waals surface area contributed by atoms with Gasteiger partial charge in [-0.2, -0.15) is 72.3 Å².